The summed E-state index contributed by atoms with van der Waals surface area (Å²) in [5, 5.41) is 9.51. The molecule has 2 N–H and O–H groups in total. The van der Waals surface area contributed by atoms with Crippen LogP contribution < -0.4 is 10.6 Å². The van der Waals surface area contributed by atoms with Gasteiger partial charge in [-0.05, 0) is 34.5 Å². The van der Waals surface area contributed by atoms with Crippen LogP contribution in [0.3, 0.4) is 0 Å². The van der Waals surface area contributed by atoms with E-state index in [9.17, 15) is 9.18 Å². The summed E-state index contributed by atoms with van der Waals surface area (Å²) in [7, 11) is 0. The predicted octanol–water partition coefficient (Wildman–Crippen LogP) is 2.62. The summed E-state index contributed by atoms with van der Waals surface area (Å²) in [5.74, 6) is -0.681. The van der Waals surface area contributed by atoms with Gasteiger partial charge in [0.1, 0.15) is 5.82 Å². The maximum absolute atomic E-state index is 13.3. The van der Waals surface area contributed by atoms with Crippen molar-refractivity contribution in [2.75, 3.05) is 11.9 Å². The fourth-order valence-corrected chi connectivity index (χ4v) is 2.14. The van der Waals surface area contributed by atoms with Crippen LogP contribution in [0.15, 0.2) is 41.1 Å². The molecule has 0 atom stereocenters. The van der Waals surface area contributed by atoms with Crippen LogP contribution in [0.2, 0.25) is 0 Å². The third-order valence-electron chi connectivity index (χ3n) is 2.34. The van der Waals surface area contributed by atoms with E-state index in [0.29, 0.717) is 6.54 Å². The maximum Gasteiger partial charge on any atom is 0.238 e. The number of anilines is 1. The van der Waals surface area contributed by atoms with E-state index in [1.165, 1.54) is 12.1 Å². The van der Waals surface area contributed by atoms with Gasteiger partial charge >= 0.3 is 0 Å². The van der Waals surface area contributed by atoms with Crippen molar-refractivity contribution >= 4 is 22.9 Å². The summed E-state index contributed by atoms with van der Waals surface area (Å²) in [6.45, 7) is 0.790. The number of nitrogens with one attached hydrogen (secondary N) is 2. The Morgan fingerprint density at radius 2 is 2.11 bits per heavy atom. The van der Waals surface area contributed by atoms with Gasteiger partial charge in [0.2, 0.25) is 5.91 Å². The lowest BCUT2D eigenvalue weighted by Gasteiger charge is -2.06. The Morgan fingerprint density at radius 3 is 2.83 bits per heavy atom. The van der Waals surface area contributed by atoms with Gasteiger partial charge in [0.05, 0.1) is 12.2 Å². The molecule has 0 unspecified atom stereocenters. The highest BCUT2D eigenvalue weighted by Crippen LogP contribution is 2.11. The lowest BCUT2D eigenvalue weighted by Crippen LogP contribution is -2.27. The molecule has 0 saturated heterocycles. The molecule has 1 aromatic heterocycles. The minimum Gasteiger partial charge on any atom is -0.322 e. The second-order valence-corrected chi connectivity index (χ2v) is 4.54. The zero-order valence-corrected chi connectivity index (χ0v) is 10.5. The summed E-state index contributed by atoms with van der Waals surface area (Å²) in [4.78, 5) is 11.6. The number of hydrogen-bond donors (Lipinski definition) is 2. The zero-order chi connectivity index (χ0) is 12.8. The smallest absolute Gasteiger partial charge is 0.238 e. The lowest BCUT2D eigenvalue weighted by atomic mass is 10.3. The summed E-state index contributed by atoms with van der Waals surface area (Å²) >= 11 is 1.61. The monoisotopic (exact) mass is 264 g/mol. The van der Waals surface area contributed by atoms with Crippen molar-refractivity contribution in [2.45, 2.75) is 6.54 Å². The van der Waals surface area contributed by atoms with Gasteiger partial charge in [-0.15, -0.1) is 0 Å². The number of rotatable bonds is 5. The molecule has 3 nitrogen and oxygen atoms in total. The van der Waals surface area contributed by atoms with Crippen LogP contribution in [0.25, 0.3) is 0 Å². The van der Waals surface area contributed by atoms with Gasteiger partial charge in [-0.1, -0.05) is 12.1 Å². The molecule has 0 aliphatic heterocycles. The van der Waals surface area contributed by atoms with Gasteiger partial charge < -0.3 is 10.6 Å². The topological polar surface area (TPSA) is 41.1 Å². The van der Waals surface area contributed by atoms with E-state index in [4.69, 9.17) is 0 Å². The number of benzene rings is 1. The Balaban J connectivity index is 1.77. The van der Waals surface area contributed by atoms with Crippen LogP contribution in [0, 0.1) is 5.82 Å². The fraction of sp³-hybridized carbons (Fsp3) is 0.154. The van der Waals surface area contributed by atoms with Gasteiger partial charge in [-0.2, -0.15) is 11.3 Å². The average Bonchev–Trinajstić information content (AvgIpc) is 2.85. The van der Waals surface area contributed by atoms with Crippen LogP contribution in [0.1, 0.15) is 5.56 Å². The molecule has 1 amide bonds. The third-order valence-corrected chi connectivity index (χ3v) is 3.07. The average molecular weight is 264 g/mol. The Hall–Kier alpha value is -1.72. The molecule has 0 saturated carbocycles. The molecule has 0 bridgehead atoms. The maximum atomic E-state index is 13.3. The van der Waals surface area contributed by atoms with Crippen molar-refractivity contribution in [2.24, 2.45) is 0 Å². The SMILES string of the molecule is O=C(CNCc1ccsc1)Nc1ccccc1F. The van der Waals surface area contributed by atoms with Crippen LogP contribution in [-0.2, 0) is 11.3 Å². The van der Waals surface area contributed by atoms with E-state index in [1.807, 2.05) is 16.8 Å². The Morgan fingerprint density at radius 1 is 1.28 bits per heavy atom. The second-order valence-electron chi connectivity index (χ2n) is 3.76. The minimum absolute atomic E-state index is 0.157. The first-order valence-electron chi connectivity index (χ1n) is 5.52. The molecule has 1 heterocycles. The standard InChI is InChI=1S/C13H13FN2OS/c14-11-3-1-2-4-12(11)16-13(17)8-15-7-10-5-6-18-9-10/h1-6,9,15H,7-8H2,(H,16,17). The summed E-state index contributed by atoms with van der Waals surface area (Å²) in [5.41, 5.74) is 1.35. The van der Waals surface area contributed by atoms with Crippen molar-refractivity contribution in [3.05, 3.63) is 52.5 Å². The van der Waals surface area contributed by atoms with E-state index in [2.05, 4.69) is 10.6 Å². The highest BCUT2D eigenvalue weighted by molar-refractivity contribution is 7.07. The number of hydrogen-bond acceptors (Lipinski definition) is 3. The Bertz CT molecular complexity index is 513. The van der Waals surface area contributed by atoms with E-state index >= 15 is 0 Å². The highest BCUT2D eigenvalue weighted by Gasteiger charge is 2.05. The van der Waals surface area contributed by atoms with Gasteiger partial charge in [-0.3, -0.25) is 4.79 Å². The number of halogens is 1. The molecule has 2 rings (SSSR count). The molecule has 18 heavy (non-hydrogen) atoms. The van der Waals surface area contributed by atoms with Gasteiger partial charge in [0.15, 0.2) is 0 Å². The molecular formula is C13H13FN2OS. The Kier molecular flexibility index (Phi) is 4.44. The van der Waals surface area contributed by atoms with Crippen LogP contribution in [0.4, 0.5) is 10.1 Å². The first-order chi connectivity index (χ1) is 8.75. The molecule has 1 aromatic carbocycles. The molecular weight excluding hydrogens is 251 g/mol. The quantitative estimate of drug-likeness (QED) is 0.871. The van der Waals surface area contributed by atoms with E-state index in [1.54, 1.807) is 23.5 Å². The van der Waals surface area contributed by atoms with Crippen molar-refractivity contribution in [3.8, 4) is 0 Å². The van der Waals surface area contributed by atoms with Crippen molar-refractivity contribution < 1.29 is 9.18 Å². The van der Waals surface area contributed by atoms with Crippen LogP contribution >= 0.6 is 11.3 Å². The van der Waals surface area contributed by atoms with E-state index < -0.39 is 5.82 Å². The Labute approximate surface area is 109 Å². The lowest BCUT2D eigenvalue weighted by molar-refractivity contribution is -0.115. The largest absolute Gasteiger partial charge is 0.322 e. The van der Waals surface area contributed by atoms with Gasteiger partial charge in [0.25, 0.3) is 0 Å². The van der Waals surface area contributed by atoms with Crippen LogP contribution in [-0.4, -0.2) is 12.5 Å². The normalized spacial score (nSPS) is 10.3. The molecule has 0 radical (unpaired) electrons. The number of thiophene rings is 1. The van der Waals surface area contributed by atoms with Gasteiger partial charge in [0, 0.05) is 6.54 Å². The van der Waals surface area contributed by atoms with Crippen molar-refractivity contribution in [1.29, 1.82) is 0 Å². The molecule has 2 aromatic rings. The first kappa shape index (κ1) is 12.7. The van der Waals surface area contributed by atoms with Gasteiger partial charge in [-0.25, -0.2) is 4.39 Å². The molecule has 0 fully saturated rings. The molecule has 0 spiro atoms. The number of para-hydroxylation sites is 1. The summed E-state index contributed by atoms with van der Waals surface area (Å²) in [6, 6.07) is 8.10. The number of amides is 1. The zero-order valence-electron chi connectivity index (χ0n) is 9.65. The first-order valence-corrected chi connectivity index (χ1v) is 6.46. The van der Waals surface area contributed by atoms with Crippen molar-refractivity contribution in [3.63, 3.8) is 0 Å². The minimum atomic E-state index is -0.427. The highest BCUT2D eigenvalue weighted by atomic mass is 32.1. The molecule has 0 aliphatic carbocycles. The predicted molar refractivity (Wildman–Crippen MR) is 71.1 cm³/mol. The molecule has 94 valence electrons. The molecule has 5 heteroatoms. The second kappa shape index (κ2) is 6.28. The fourth-order valence-electron chi connectivity index (χ4n) is 1.47. The van der Waals surface area contributed by atoms with E-state index in [-0.39, 0.29) is 18.1 Å². The number of carbonyl (C=O) groups excluding carboxylic acids is 1. The third kappa shape index (κ3) is 3.65. The molecule has 0 aliphatic rings. The van der Waals surface area contributed by atoms with Crippen molar-refractivity contribution in [1.82, 2.24) is 5.32 Å². The number of carbonyl (C=O) groups is 1. The summed E-state index contributed by atoms with van der Waals surface area (Å²) < 4.78 is 13.3. The van der Waals surface area contributed by atoms with E-state index in [0.717, 1.165) is 5.56 Å². The van der Waals surface area contributed by atoms with Crippen LogP contribution in [0.5, 0.6) is 0 Å². The summed E-state index contributed by atoms with van der Waals surface area (Å²) in [6.07, 6.45) is 0.